The number of rotatable bonds is 2. The molecule has 2 aromatic rings. The zero-order valence-electron chi connectivity index (χ0n) is 9.83. The molecule has 0 aliphatic heterocycles. The van der Waals surface area contributed by atoms with Gasteiger partial charge in [-0.15, -0.1) is 0 Å². The maximum absolute atomic E-state index is 12.5. The zero-order valence-corrected chi connectivity index (χ0v) is 10.6. The molecular weight excluding hydrogens is 279 g/mol. The van der Waals surface area contributed by atoms with Crippen LogP contribution in [0.15, 0.2) is 36.5 Å². The van der Waals surface area contributed by atoms with Crippen molar-refractivity contribution in [2.75, 3.05) is 7.11 Å². The van der Waals surface area contributed by atoms with E-state index >= 15 is 0 Å². The van der Waals surface area contributed by atoms with Crippen molar-refractivity contribution in [2.45, 2.75) is 6.18 Å². The molecule has 1 heterocycles. The van der Waals surface area contributed by atoms with Crippen molar-refractivity contribution in [3.63, 3.8) is 0 Å². The van der Waals surface area contributed by atoms with Gasteiger partial charge in [0.15, 0.2) is 0 Å². The van der Waals surface area contributed by atoms with Gasteiger partial charge in [0.05, 0.1) is 12.7 Å². The molecule has 0 aliphatic rings. The van der Waals surface area contributed by atoms with E-state index in [1.165, 1.54) is 25.4 Å². The Bertz CT molecular complexity index is 581. The van der Waals surface area contributed by atoms with Gasteiger partial charge < -0.3 is 4.74 Å². The topological polar surface area (TPSA) is 22.1 Å². The normalized spacial score (nSPS) is 11.4. The molecule has 19 heavy (non-hydrogen) atoms. The number of hydrogen-bond acceptors (Lipinski definition) is 2. The number of benzene rings is 1. The Morgan fingerprint density at radius 1 is 1.11 bits per heavy atom. The number of pyridine rings is 1. The van der Waals surface area contributed by atoms with Crippen molar-refractivity contribution in [1.82, 2.24) is 4.98 Å². The molecule has 0 bridgehead atoms. The Kier molecular flexibility index (Phi) is 3.66. The summed E-state index contributed by atoms with van der Waals surface area (Å²) in [4.78, 5) is 3.91. The summed E-state index contributed by atoms with van der Waals surface area (Å²) in [6.07, 6.45) is -2.87. The van der Waals surface area contributed by atoms with Gasteiger partial charge >= 0.3 is 6.18 Å². The second-order valence-electron chi connectivity index (χ2n) is 3.76. The lowest BCUT2D eigenvalue weighted by molar-refractivity contribution is -0.137. The molecule has 0 N–H and O–H groups in total. The summed E-state index contributed by atoms with van der Waals surface area (Å²) in [5.74, 6) is 0.235. The Hall–Kier alpha value is -1.75. The van der Waals surface area contributed by atoms with E-state index in [0.29, 0.717) is 11.1 Å². The second-order valence-corrected chi connectivity index (χ2v) is 4.13. The summed E-state index contributed by atoms with van der Waals surface area (Å²) < 4.78 is 42.4. The van der Waals surface area contributed by atoms with Gasteiger partial charge in [-0.25, -0.2) is 4.98 Å². The van der Waals surface area contributed by atoms with Crippen LogP contribution < -0.4 is 4.74 Å². The number of methoxy groups -OCH3 is 1. The highest BCUT2D eigenvalue weighted by Crippen LogP contribution is 2.35. The highest BCUT2D eigenvalue weighted by molar-refractivity contribution is 6.34. The maximum Gasteiger partial charge on any atom is 0.416 e. The van der Waals surface area contributed by atoms with Gasteiger partial charge in [0.1, 0.15) is 5.02 Å². The summed E-state index contributed by atoms with van der Waals surface area (Å²) in [5.41, 5.74) is 0.439. The fraction of sp³-hybridized carbons (Fsp3) is 0.154. The Morgan fingerprint density at radius 2 is 1.74 bits per heavy atom. The molecule has 0 saturated carbocycles. The van der Waals surface area contributed by atoms with Crippen molar-refractivity contribution >= 4 is 11.6 Å². The van der Waals surface area contributed by atoms with Gasteiger partial charge in [-0.3, -0.25) is 0 Å². The third-order valence-electron chi connectivity index (χ3n) is 2.57. The minimum atomic E-state index is -4.35. The first-order valence-electron chi connectivity index (χ1n) is 5.29. The van der Waals surface area contributed by atoms with Gasteiger partial charge in [0.25, 0.3) is 0 Å². The van der Waals surface area contributed by atoms with E-state index in [-0.39, 0.29) is 10.9 Å². The molecule has 0 spiro atoms. The van der Waals surface area contributed by atoms with Crippen LogP contribution in [0, 0.1) is 0 Å². The summed E-state index contributed by atoms with van der Waals surface area (Å²) in [5, 5.41) is 0.268. The largest absolute Gasteiger partial charge is 0.480 e. The van der Waals surface area contributed by atoms with E-state index in [1.807, 2.05) is 0 Å². The van der Waals surface area contributed by atoms with Gasteiger partial charge in [-0.1, -0.05) is 23.7 Å². The van der Waals surface area contributed by atoms with Gasteiger partial charge in [-0.2, -0.15) is 13.2 Å². The van der Waals surface area contributed by atoms with Crippen molar-refractivity contribution < 1.29 is 17.9 Å². The van der Waals surface area contributed by atoms with Crippen molar-refractivity contribution in [3.8, 4) is 17.0 Å². The molecule has 2 nitrogen and oxygen atoms in total. The molecule has 0 radical (unpaired) electrons. The lowest BCUT2D eigenvalue weighted by Gasteiger charge is -2.10. The van der Waals surface area contributed by atoms with E-state index in [2.05, 4.69) is 4.98 Å². The predicted molar refractivity (Wildman–Crippen MR) is 66.2 cm³/mol. The van der Waals surface area contributed by atoms with E-state index < -0.39 is 11.7 Å². The first kappa shape index (κ1) is 13.7. The fourth-order valence-corrected chi connectivity index (χ4v) is 1.93. The second kappa shape index (κ2) is 5.09. The van der Waals surface area contributed by atoms with Crippen LogP contribution in [0.2, 0.25) is 5.02 Å². The zero-order chi connectivity index (χ0) is 14.0. The Labute approximate surface area is 112 Å². The Balaban J connectivity index is 2.43. The minimum Gasteiger partial charge on any atom is -0.480 e. The third kappa shape index (κ3) is 2.81. The number of alkyl halides is 3. The molecule has 0 unspecified atom stereocenters. The van der Waals surface area contributed by atoms with Crippen LogP contribution in [0.3, 0.4) is 0 Å². The molecule has 6 heteroatoms. The van der Waals surface area contributed by atoms with Gasteiger partial charge in [-0.05, 0) is 23.8 Å². The maximum atomic E-state index is 12.5. The SMILES string of the molecule is COc1nccc(-c2ccc(C(F)(F)F)cc2)c1Cl. The van der Waals surface area contributed by atoms with Gasteiger partial charge in [0, 0.05) is 11.8 Å². The molecule has 1 aromatic carbocycles. The van der Waals surface area contributed by atoms with Crippen LogP contribution in [-0.4, -0.2) is 12.1 Å². The minimum absolute atomic E-state index is 0.235. The van der Waals surface area contributed by atoms with Crippen molar-refractivity contribution in [2.24, 2.45) is 0 Å². The van der Waals surface area contributed by atoms with E-state index in [1.54, 1.807) is 6.07 Å². The lowest BCUT2D eigenvalue weighted by atomic mass is 10.0. The average molecular weight is 288 g/mol. The Morgan fingerprint density at radius 3 is 2.26 bits per heavy atom. The third-order valence-corrected chi connectivity index (χ3v) is 2.94. The smallest absolute Gasteiger partial charge is 0.416 e. The number of hydrogen-bond donors (Lipinski definition) is 0. The lowest BCUT2D eigenvalue weighted by Crippen LogP contribution is -2.04. The summed E-state index contributed by atoms with van der Waals surface area (Å²) in [6, 6.07) is 6.37. The number of aromatic nitrogens is 1. The van der Waals surface area contributed by atoms with Crippen LogP contribution in [-0.2, 0) is 6.18 Å². The van der Waals surface area contributed by atoms with Crippen molar-refractivity contribution in [1.29, 1.82) is 0 Å². The molecule has 1 aromatic heterocycles. The molecular formula is C13H9ClF3NO. The van der Waals surface area contributed by atoms with Crippen LogP contribution in [0.1, 0.15) is 5.56 Å². The molecule has 0 fully saturated rings. The molecule has 0 atom stereocenters. The molecule has 100 valence electrons. The summed E-state index contributed by atoms with van der Waals surface area (Å²) >= 11 is 6.06. The standard InChI is InChI=1S/C13H9ClF3NO/c1-19-12-11(14)10(6-7-18-12)8-2-4-9(5-3-8)13(15,16)17/h2-7H,1H3. The summed E-state index contributed by atoms with van der Waals surface area (Å²) in [6.45, 7) is 0. The highest BCUT2D eigenvalue weighted by Gasteiger charge is 2.30. The van der Waals surface area contributed by atoms with Crippen LogP contribution in [0.25, 0.3) is 11.1 Å². The summed E-state index contributed by atoms with van der Waals surface area (Å²) in [7, 11) is 1.42. The molecule has 0 saturated heterocycles. The molecule has 0 amide bonds. The van der Waals surface area contributed by atoms with Crippen molar-refractivity contribution in [3.05, 3.63) is 47.1 Å². The number of halogens is 4. The van der Waals surface area contributed by atoms with Crippen LogP contribution in [0.4, 0.5) is 13.2 Å². The quantitative estimate of drug-likeness (QED) is 0.815. The average Bonchev–Trinajstić information content (AvgIpc) is 2.38. The number of ether oxygens (including phenoxy) is 1. The monoisotopic (exact) mass is 287 g/mol. The highest BCUT2D eigenvalue weighted by atomic mass is 35.5. The van der Waals surface area contributed by atoms with Gasteiger partial charge in [0.2, 0.25) is 5.88 Å². The van der Waals surface area contributed by atoms with Crippen LogP contribution in [0.5, 0.6) is 5.88 Å². The first-order valence-corrected chi connectivity index (χ1v) is 5.67. The van der Waals surface area contributed by atoms with E-state index in [4.69, 9.17) is 16.3 Å². The fourth-order valence-electron chi connectivity index (χ4n) is 1.63. The van der Waals surface area contributed by atoms with Crippen LogP contribution >= 0.6 is 11.6 Å². The predicted octanol–water partition coefficient (Wildman–Crippen LogP) is 4.43. The van der Waals surface area contributed by atoms with E-state index in [9.17, 15) is 13.2 Å². The first-order chi connectivity index (χ1) is 8.93. The number of nitrogens with zero attached hydrogens (tertiary/aromatic N) is 1. The molecule has 2 rings (SSSR count). The molecule has 0 aliphatic carbocycles. The van der Waals surface area contributed by atoms with E-state index in [0.717, 1.165) is 12.1 Å².